The number of rotatable bonds is 2. The first-order valence-corrected chi connectivity index (χ1v) is 7.57. The minimum atomic E-state index is 0. The highest BCUT2D eigenvalue weighted by atomic mass is 35.5. The van der Waals surface area contributed by atoms with E-state index in [4.69, 9.17) is 14.7 Å². The molecule has 4 nitrogen and oxygen atoms in total. The molecule has 5 heteroatoms. The van der Waals surface area contributed by atoms with Crippen LogP contribution in [0.25, 0.3) is 22.3 Å². The molecule has 1 aliphatic rings. The monoisotopic (exact) mass is 327 g/mol. The van der Waals surface area contributed by atoms with Crippen molar-refractivity contribution >= 4 is 29.1 Å². The van der Waals surface area contributed by atoms with Gasteiger partial charge >= 0.3 is 0 Å². The van der Waals surface area contributed by atoms with Crippen LogP contribution >= 0.6 is 12.4 Å². The number of para-hydroxylation sites is 1. The molecule has 0 amide bonds. The minimum Gasteiger partial charge on any atom is -0.378 e. The van der Waals surface area contributed by atoms with Gasteiger partial charge in [-0.2, -0.15) is 0 Å². The molecule has 23 heavy (non-hydrogen) atoms. The fourth-order valence-electron chi connectivity index (χ4n) is 2.79. The Hall–Kier alpha value is -2.17. The van der Waals surface area contributed by atoms with Crippen LogP contribution in [-0.4, -0.2) is 36.3 Å². The molecule has 0 spiro atoms. The first kappa shape index (κ1) is 15.7. The Morgan fingerprint density at radius 2 is 1.52 bits per heavy atom. The topological polar surface area (TPSA) is 38.2 Å². The van der Waals surface area contributed by atoms with E-state index in [9.17, 15) is 0 Å². The molecule has 1 fully saturated rings. The first-order chi connectivity index (χ1) is 10.9. The van der Waals surface area contributed by atoms with E-state index >= 15 is 0 Å². The van der Waals surface area contributed by atoms with Crippen molar-refractivity contribution in [3.8, 4) is 11.4 Å². The van der Waals surface area contributed by atoms with Gasteiger partial charge in [0.25, 0.3) is 0 Å². The third-order valence-corrected chi connectivity index (χ3v) is 3.93. The molecule has 0 atom stereocenters. The van der Waals surface area contributed by atoms with Crippen LogP contribution < -0.4 is 4.90 Å². The number of aromatic nitrogens is 2. The molecule has 1 saturated heterocycles. The zero-order chi connectivity index (χ0) is 14.8. The predicted molar refractivity (Wildman–Crippen MR) is 95.3 cm³/mol. The fourth-order valence-corrected chi connectivity index (χ4v) is 2.79. The van der Waals surface area contributed by atoms with Gasteiger partial charge < -0.3 is 9.64 Å². The average Bonchev–Trinajstić information content (AvgIpc) is 2.62. The summed E-state index contributed by atoms with van der Waals surface area (Å²) < 4.78 is 5.46. The van der Waals surface area contributed by atoms with Crippen LogP contribution in [0.2, 0.25) is 0 Å². The second-order valence-corrected chi connectivity index (χ2v) is 5.35. The van der Waals surface area contributed by atoms with Gasteiger partial charge in [-0.25, -0.2) is 9.97 Å². The highest BCUT2D eigenvalue weighted by Gasteiger charge is 2.17. The van der Waals surface area contributed by atoms with Gasteiger partial charge in [0.05, 0.1) is 18.7 Å². The smallest absolute Gasteiger partial charge is 0.162 e. The van der Waals surface area contributed by atoms with Crippen LogP contribution in [0.1, 0.15) is 0 Å². The Kier molecular flexibility index (Phi) is 4.74. The number of benzene rings is 2. The number of anilines is 1. The fraction of sp³-hybridized carbons (Fsp3) is 0.222. The Labute approximate surface area is 141 Å². The number of ether oxygens (including phenoxy) is 1. The van der Waals surface area contributed by atoms with Gasteiger partial charge in [0.15, 0.2) is 5.82 Å². The van der Waals surface area contributed by atoms with Crippen molar-refractivity contribution in [2.75, 3.05) is 31.2 Å². The van der Waals surface area contributed by atoms with Crippen molar-refractivity contribution in [2.45, 2.75) is 0 Å². The summed E-state index contributed by atoms with van der Waals surface area (Å²) in [5.74, 6) is 1.79. The van der Waals surface area contributed by atoms with Crippen LogP contribution in [0.15, 0.2) is 54.6 Å². The standard InChI is InChI=1S/C18H17N3O.ClH/c1-2-6-14(7-3-1)17-19-16-9-5-4-8-15(16)18(20-17)21-10-12-22-13-11-21;/h1-9H,10-13H2;1H. The van der Waals surface area contributed by atoms with Gasteiger partial charge in [0.2, 0.25) is 0 Å². The van der Waals surface area contributed by atoms with Crippen molar-refractivity contribution < 1.29 is 4.74 Å². The lowest BCUT2D eigenvalue weighted by Gasteiger charge is -2.29. The van der Waals surface area contributed by atoms with Crippen molar-refractivity contribution in [1.82, 2.24) is 9.97 Å². The summed E-state index contributed by atoms with van der Waals surface area (Å²) in [7, 11) is 0. The van der Waals surface area contributed by atoms with E-state index in [0.29, 0.717) is 0 Å². The molecule has 0 radical (unpaired) electrons. The Balaban J connectivity index is 0.00000156. The molecule has 0 N–H and O–H groups in total. The largest absolute Gasteiger partial charge is 0.378 e. The van der Waals surface area contributed by atoms with Crippen molar-refractivity contribution in [3.05, 3.63) is 54.6 Å². The lowest BCUT2D eigenvalue weighted by molar-refractivity contribution is 0.122. The lowest BCUT2D eigenvalue weighted by Crippen LogP contribution is -2.37. The predicted octanol–water partition coefficient (Wildman–Crippen LogP) is 3.56. The Bertz CT molecular complexity index is 789. The van der Waals surface area contributed by atoms with Crippen LogP contribution in [0.4, 0.5) is 5.82 Å². The molecule has 118 valence electrons. The first-order valence-electron chi connectivity index (χ1n) is 7.57. The number of fused-ring (bicyclic) bond motifs is 1. The summed E-state index contributed by atoms with van der Waals surface area (Å²) in [5.41, 5.74) is 2.03. The molecule has 1 aromatic heterocycles. The van der Waals surface area contributed by atoms with Crippen LogP contribution in [-0.2, 0) is 4.74 Å². The quantitative estimate of drug-likeness (QED) is 0.721. The lowest BCUT2D eigenvalue weighted by atomic mass is 10.1. The number of morpholine rings is 1. The second kappa shape index (κ2) is 6.94. The second-order valence-electron chi connectivity index (χ2n) is 5.35. The molecular weight excluding hydrogens is 310 g/mol. The van der Waals surface area contributed by atoms with Crippen molar-refractivity contribution in [2.24, 2.45) is 0 Å². The molecule has 2 aromatic carbocycles. The van der Waals surface area contributed by atoms with Gasteiger partial charge in [0, 0.05) is 24.0 Å². The summed E-state index contributed by atoms with van der Waals surface area (Å²) in [6.07, 6.45) is 0. The summed E-state index contributed by atoms with van der Waals surface area (Å²) in [4.78, 5) is 11.9. The maximum atomic E-state index is 5.46. The molecule has 3 aromatic rings. The molecule has 0 unspecified atom stereocenters. The Morgan fingerprint density at radius 1 is 0.826 bits per heavy atom. The molecule has 0 saturated carbocycles. The maximum absolute atomic E-state index is 5.46. The summed E-state index contributed by atoms with van der Waals surface area (Å²) in [6.45, 7) is 3.24. The number of hydrogen-bond donors (Lipinski definition) is 0. The third kappa shape index (κ3) is 3.14. The molecule has 4 rings (SSSR count). The minimum absolute atomic E-state index is 0. The van der Waals surface area contributed by atoms with Crippen LogP contribution in [0.5, 0.6) is 0 Å². The SMILES string of the molecule is Cl.c1ccc(-c2nc(N3CCOCC3)c3ccccc3n2)cc1. The highest BCUT2D eigenvalue weighted by molar-refractivity contribution is 5.91. The van der Waals surface area contributed by atoms with Crippen LogP contribution in [0.3, 0.4) is 0 Å². The van der Waals surface area contributed by atoms with Gasteiger partial charge in [-0.3, -0.25) is 0 Å². The summed E-state index contributed by atoms with van der Waals surface area (Å²) in [5, 5.41) is 1.10. The van der Waals surface area contributed by atoms with Gasteiger partial charge in [0.1, 0.15) is 5.82 Å². The van der Waals surface area contributed by atoms with E-state index < -0.39 is 0 Å². The van der Waals surface area contributed by atoms with E-state index in [1.54, 1.807) is 0 Å². The van der Waals surface area contributed by atoms with Gasteiger partial charge in [-0.05, 0) is 12.1 Å². The van der Waals surface area contributed by atoms with E-state index in [1.807, 2.05) is 48.5 Å². The van der Waals surface area contributed by atoms with E-state index in [0.717, 1.165) is 54.4 Å². The molecular formula is C18H18ClN3O. The zero-order valence-electron chi connectivity index (χ0n) is 12.7. The molecule has 1 aliphatic heterocycles. The molecule has 2 heterocycles. The number of nitrogens with zero attached hydrogens (tertiary/aromatic N) is 3. The molecule has 0 bridgehead atoms. The van der Waals surface area contributed by atoms with E-state index in [-0.39, 0.29) is 12.4 Å². The summed E-state index contributed by atoms with van der Waals surface area (Å²) >= 11 is 0. The van der Waals surface area contributed by atoms with E-state index in [2.05, 4.69) is 11.0 Å². The Morgan fingerprint density at radius 3 is 2.30 bits per heavy atom. The molecule has 0 aliphatic carbocycles. The average molecular weight is 328 g/mol. The van der Waals surface area contributed by atoms with Gasteiger partial charge in [-0.1, -0.05) is 42.5 Å². The number of halogens is 1. The van der Waals surface area contributed by atoms with Crippen molar-refractivity contribution in [3.63, 3.8) is 0 Å². The number of hydrogen-bond acceptors (Lipinski definition) is 4. The maximum Gasteiger partial charge on any atom is 0.162 e. The normalized spacial score (nSPS) is 14.5. The summed E-state index contributed by atoms with van der Waals surface area (Å²) in [6, 6.07) is 18.3. The third-order valence-electron chi connectivity index (χ3n) is 3.93. The van der Waals surface area contributed by atoms with Crippen molar-refractivity contribution in [1.29, 1.82) is 0 Å². The van der Waals surface area contributed by atoms with E-state index in [1.165, 1.54) is 0 Å². The zero-order valence-corrected chi connectivity index (χ0v) is 13.5. The highest BCUT2D eigenvalue weighted by Crippen LogP contribution is 2.27. The van der Waals surface area contributed by atoms with Crippen LogP contribution in [0, 0.1) is 0 Å². The van der Waals surface area contributed by atoms with Gasteiger partial charge in [-0.15, -0.1) is 12.4 Å².